The van der Waals surface area contributed by atoms with Gasteiger partial charge in [-0.25, -0.2) is 18.1 Å². The first-order valence-corrected chi connectivity index (χ1v) is 8.16. The van der Waals surface area contributed by atoms with Crippen molar-refractivity contribution >= 4 is 27.6 Å². The van der Waals surface area contributed by atoms with Crippen molar-refractivity contribution in [2.45, 2.75) is 18.2 Å². The Morgan fingerprint density at radius 2 is 2.10 bits per heavy atom. The van der Waals surface area contributed by atoms with Crippen molar-refractivity contribution < 1.29 is 8.42 Å². The predicted octanol–water partition coefficient (Wildman–Crippen LogP) is 1.20. The molecule has 0 spiro atoms. The van der Waals surface area contributed by atoms with Crippen molar-refractivity contribution in [3.63, 3.8) is 0 Å². The fraction of sp³-hybridized carbons (Fsp3) is 0.417. The zero-order chi connectivity index (χ0) is 14.6. The Morgan fingerprint density at radius 1 is 1.40 bits per heavy atom. The number of aliphatic imine (C=N–C) groups is 1. The van der Waals surface area contributed by atoms with Crippen LogP contribution in [0.2, 0.25) is 5.02 Å². The van der Waals surface area contributed by atoms with Crippen LogP contribution in [0, 0.1) is 0 Å². The summed E-state index contributed by atoms with van der Waals surface area (Å²) in [5, 5.41) is 3.44. The van der Waals surface area contributed by atoms with Gasteiger partial charge in [-0.1, -0.05) is 18.5 Å². The van der Waals surface area contributed by atoms with Crippen LogP contribution in [0.25, 0.3) is 0 Å². The molecule has 0 bridgehead atoms. The number of halogens is 1. The zero-order valence-electron chi connectivity index (χ0n) is 11.1. The summed E-state index contributed by atoms with van der Waals surface area (Å²) >= 11 is 5.74. The lowest BCUT2D eigenvalue weighted by atomic mass is 10.4. The van der Waals surface area contributed by atoms with E-state index in [2.05, 4.69) is 26.9 Å². The van der Waals surface area contributed by atoms with Crippen LogP contribution in [-0.2, 0) is 10.0 Å². The van der Waals surface area contributed by atoms with Crippen LogP contribution in [0.4, 0.5) is 0 Å². The van der Waals surface area contributed by atoms with Gasteiger partial charge in [-0.05, 0) is 30.7 Å². The van der Waals surface area contributed by atoms with Crippen molar-refractivity contribution in [2.75, 3.05) is 19.9 Å². The molecule has 20 heavy (non-hydrogen) atoms. The van der Waals surface area contributed by atoms with Crippen LogP contribution < -0.4 is 10.0 Å². The highest BCUT2D eigenvalue weighted by molar-refractivity contribution is 7.90. The maximum atomic E-state index is 12.1. The average Bonchev–Trinajstić information content (AvgIpc) is 2.41. The first kappa shape index (κ1) is 15.1. The molecule has 0 unspecified atom stereocenters. The Balaban J connectivity index is 2.04. The van der Waals surface area contributed by atoms with Crippen molar-refractivity contribution in [1.29, 1.82) is 0 Å². The van der Waals surface area contributed by atoms with E-state index in [9.17, 15) is 8.42 Å². The third kappa shape index (κ3) is 3.84. The number of hydrogen-bond donors (Lipinski definition) is 2. The molecule has 0 radical (unpaired) electrons. The molecular formula is C12H17ClN4O2S. The molecule has 0 aliphatic carbocycles. The molecule has 2 rings (SSSR count). The summed E-state index contributed by atoms with van der Waals surface area (Å²) in [6.07, 6.45) is 1.03. The first-order valence-electron chi connectivity index (χ1n) is 6.30. The third-order valence-corrected chi connectivity index (χ3v) is 4.40. The lowest BCUT2D eigenvalue weighted by Crippen LogP contribution is -2.50. The van der Waals surface area contributed by atoms with Crippen LogP contribution in [0.1, 0.15) is 13.3 Å². The molecule has 0 aromatic heterocycles. The van der Waals surface area contributed by atoms with Crippen LogP contribution >= 0.6 is 11.6 Å². The Bertz CT molecular complexity index is 586. The number of hydrogen-bond acceptors (Lipinski definition) is 5. The molecule has 0 fully saturated rings. The zero-order valence-corrected chi connectivity index (χ0v) is 12.7. The van der Waals surface area contributed by atoms with E-state index in [0.717, 1.165) is 13.0 Å². The summed E-state index contributed by atoms with van der Waals surface area (Å²) in [6, 6.07) is 5.99. The van der Waals surface area contributed by atoms with Crippen LogP contribution in [0.3, 0.4) is 0 Å². The molecular weight excluding hydrogens is 300 g/mol. The van der Waals surface area contributed by atoms with Gasteiger partial charge in [-0.15, -0.1) is 0 Å². The second kappa shape index (κ2) is 6.43. The van der Waals surface area contributed by atoms with Crippen molar-refractivity contribution in [2.24, 2.45) is 4.99 Å². The number of rotatable bonds is 4. The summed E-state index contributed by atoms with van der Waals surface area (Å²) in [5.41, 5.74) is 0. The lowest BCUT2D eigenvalue weighted by Gasteiger charge is -2.26. The molecule has 0 amide bonds. The fourth-order valence-electron chi connectivity index (χ4n) is 1.80. The molecule has 1 aromatic rings. The third-order valence-electron chi connectivity index (χ3n) is 2.79. The van der Waals surface area contributed by atoms with Gasteiger partial charge < -0.3 is 5.32 Å². The van der Waals surface area contributed by atoms with Gasteiger partial charge in [0.1, 0.15) is 0 Å². The second-order valence-electron chi connectivity index (χ2n) is 4.44. The topological polar surface area (TPSA) is 73.8 Å². The molecule has 1 aliphatic rings. The van der Waals surface area contributed by atoms with Crippen LogP contribution in [-0.4, -0.2) is 39.2 Å². The summed E-state index contributed by atoms with van der Waals surface area (Å²) in [7, 11) is -3.63. The normalized spacial score (nSPS) is 16.4. The minimum atomic E-state index is -3.63. The van der Waals surface area contributed by atoms with E-state index >= 15 is 0 Å². The van der Waals surface area contributed by atoms with E-state index in [4.69, 9.17) is 11.6 Å². The monoisotopic (exact) mass is 316 g/mol. The fourth-order valence-corrected chi connectivity index (χ4v) is 2.93. The Morgan fingerprint density at radius 3 is 2.65 bits per heavy atom. The highest BCUT2D eigenvalue weighted by atomic mass is 35.5. The number of nitrogens with one attached hydrogen (secondary N) is 2. The SMILES string of the molecule is CCCN1CN=C(NS(=O)(=O)c2ccc(Cl)cc2)NC1. The summed E-state index contributed by atoms with van der Waals surface area (Å²) in [6.45, 7) is 4.07. The van der Waals surface area contributed by atoms with Gasteiger partial charge in [-0.2, -0.15) is 0 Å². The van der Waals surface area contributed by atoms with Crippen molar-refractivity contribution in [3.8, 4) is 0 Å². The molecule has 0 saturated heterocycles. The quantitative estimate of drug-likeness (QED) is 0.875. The molecule has 1 heterocycles. The first-order chi connectivity index (χ1) is 9.51. The van der Waals surface area contributed by atoms with E-state index in [1.807, 2.05) is 0 Å². The molecule has 8 heteroatoms. The van der Waals surface area contributed by atoms with Crippen molar-refractivity contribution in [3.05, 3.63) is 29.3 Å². The summed E-state index contributed by atoms with van der Waals surface area (Å²) in [4.78, 5) is 6.41. The number of sulfonamides is 1. The van der Waals surface area contributed by atoms with Gasteiger partial charge in [0, 0.05) is 11.6 Å². The minimum Gasteiger partial charge on any atom is -0.343 e. The smallest absolute Gasteiger partial charge is 0.264 e. The highest BCUT2D eigenvalue weighted by Gasteiger charge is 2.18. The number of guanidine groups is 1. The molecule has 1 aromatic carbocycles. The van der Waals surface area contributed by atoms with Crippen LogP contribution in [0.5, 0.6) is 0 Å². The predicted molar refractivity (Wildman–Crippen MR) is 79.1 cm³/mol. The minimum absolute atomic E-state index is 0.155. The van der Waals surface area contributed by atoms with E-state index < -0.39 is 10.0 Å². The van der Waals surface area contributed by atoms with Gasteiger partial charge in [0.25, 0.3) is 10.0 Å². The van der Waals surface area contributed by atoms with E-state index in [1.54, 1.807) is 0 Å². The molecule has 1 aliphatic heterocycles. The van der Waals surface area contributed by atoms with Crippen molar-refractivity contribution in [1.82, 2.24) is 14.9 Å². The van der Waals surface area contributed by atoms with Gasteiger partial charge in [0.15, 0.2) is 0 Å². The number of benzene rings is 1. The Labute approximate surface area is 123 Å². The molecule has 110 valence electrons. The van der Waals surface area contributed by atoms with Gasteiger partial charge in [-0.3, -0.25) is 4.90 Å². The molecule has 2 N–H and O–H groups in total. The van der Waals surface area contributed by atoms with Crippen LogP contribution in [0.15, 0.2) is 34.2 Å². The maximum Gasteiger partial charge on any atom is 0.264 e. The van der Waals surface area contributed by atoms with E-state index in [0.29, 0.717) is 18.4 Å². The largest absolute Gasteiger partial charge is 0.343 e. The summed E-state index contributed by atoms with van der Waals surface area (Å²) < 4.78 is 26.7. The van der Waals surface area contributed by atoms with E-state index in [-0.39, 0.29) is 10.9 Å². The maximum absolute atomic E-state index is 12.1. The standard InChI is InChI=1S/C12H17ClN4O2S/c1-2-7-17-8-14-12(15-9-17)16-20(18,19)11-5-3-10(13)4-6-11/h3-6H,2,7-9H2,1H3,(H2,14,15,16). The lowest BCUT2D eigenvalue weighted by molar-refractivity contribution is 0.264. The van der Waals surface area contributed by atoms with Gasteiger partial charge in [0.05, 0.1) is 18.2 Å². The Hall–Kier alpha value is -1.31. The molecule has 0 saturated carbocycles. The Kier molecular flexibility index (Phi) is 4.85. The molecule has 0 atom stereocenters. The second-order valence-corrected chi connectivity index (χ2v) is 6.56. The van der Waals surface area contributed by atoms with E-state index in [1.165, 1.54) is 24.3 Å². The molecule has 6 nitrogen and oxygen atoms in total. The highest BCUT2D eigenvalue weighted by Crippen LogP contribution is 2.13. The summed E-state index contributed by atoms with van der Waals surface area (Å²) in [5.74, 6) is 0.271. The van der Waals surface area contributed by atoms with Gasteiger partial charge in [0.2, 0.25) is 5.96 Å². The van der Waals surface area contributed by atoms with Gasteiger partial charge >= 0.3 is 0 Å². The average molecular weight is 317 g/mol. The number of nitrogens with zero attached hydrogens (tertiary/aromatic N) is 2.